The lowest BCUT2D eigenvalue weighted by Crippen LogP contribution is -2.37. The van der Waals surface area contributed by atoms with Crippen molar-refractivity contribution in [3.05, 3.63) is 17.5 Å². The fourth-order valence-electron chi connectivity index (χ4n) is 1.92. The lowest BCUT2D eigenvalue weighted by Gasteiger charge is -2.34. The van der Waals surface area contributed by atoms with Crippen molar-refractivity contribution < 1.29 is 0 Å². The van der Waals surface area contributed by atoms with Crippen molar-refractivity contribution in [2.75, 3.05) is 11.4 Å². The Labute approximate surface area is 89.1 Å². The summed E-state index contributed by atoms with van der Waals surface area (Å²) in [4.78, 5) is 10.4. The van der Waals surface area contributed by atoms with Gasteiger partial charge in [0.15, 0.2) is 0 Å². The van der Waals surface area contributed by atoms with E-state index in [1.807, 2.05) is 6.07 Å². The van der Waals surface area contributed by atoms with Gasteiger partial charge in [-0.1, -0.05) is 11.6 Å². The standard InChI is InChI=1S/C10H14ClN3/c1-8-4-2-3-5-14(8)10-6-9(11)12-7-13-10/h6-8H,2-5H2,1H3. The minimum absolute atomic E-state index is 0.521. The third-order valence-corrected chi connectivity index (χ3v) is 2.92. The van der Waals surface area contributed by atoms with Crippen molar-refractivity contribution in [1.29, 1.82) is 0 Å². The van der Waals surface area contributed by atoms with E-state index in [-0.39, 0.29) is 0 Å². The van der Waals surface area contributed by atoms with Crippen LogP contribution in [0, 0.1) is 0 Å². The van der Waals surface area contributed by atoms with Gasteiger partial charge in [-0.2, -0.15) is 0 Å². The molecule has 1 aliphatic rings. The fourth-order valence-corrected chi connectivity index (χ4v) is 2.06. The van der Waals surface area contributed by atoms with Crippen molar-refractivity contribution in [3.63, 3.8) is 0 Å². The molecule has 2 heterocycles. The molecule has 1 atom stereocenters. The number of nitrogens with zero attached hydrogens (tertiary/aromatic N) is 3. The highest BCUT2D eigenvalue weighted by molar-refractivity contribution is 6.29. The number of hydrogen-bond donors (Lipinski definition) is 0. The highest BCUT2D eigenvalue weighted by atomic mass is 35.5. The van der Waals surface area contributed by atoms with E-state index in [1.165, 1.54) is 25.6 Å². The van der Waals surface area contributed by atoms with Crippen LogP contribution in [0.25, 0.3) is 0 Å². The number of anilines is 1. The maximum atomic E-state index is 5.83. The number of rotatable bonds is 1. The molecule has 0 N–H and O–H groups in total. The molecule has 14 heavy (non-hydrogen) atoms. The van der Waals surface area contributed by atoms with Gasteiger partial charge >= 0.3 is 0 Å². The smallest absolute Gasteiger partial charge is 0.134 e. The molecule has 0 radical (unpaired) electrons. The average Bonchev–Trinajstić information content (AvgIpc) is 2.18. The maximum Gasteiger partial charge on any atom is 0.134 e. The van der Waals surface area contributed by atoms with E-state index >= 15 is 0 Å². The summed E-state index contributed by atoms with van der Waals surface area (Å²) < 4.78 is 0. The Kier molecular flexibility index (Phi) is 2.87. The predicted molar refractivity (Wildman–Crippen MR) is 57.7 cm³/mol. The molecule has 3 nitrogen and oxygen atoms in total. The molecule has 1 aromatic rings. The third-order valence-electron chi connectivity index (χ3n) is 2.72. The van der Waals surface area contributed by atoms with Crippen LogP contribution in [0.4, 0.5) is 5.82 Å². The lowest BCUT2D eigenvalue weighted by atomic mass is 10.0. The zero-order valence-electron chi connectivity index (χ0n) is 8.28. The topological polar surface area (TPSA) is 29.0 Å². The molecular weight excluding hydrogens is 198 g/mol. The number of halogens is 1. The molecule has 0 bridgehead atoms. The summed E-state index contributed by atoms with van der Waals surface area (Å²) in [5.74, 6) is 0.956. The minimum Gasteiger partial charge on any atom is -0.354 e. The van der Waals surface area contributed by atoms with Gasteiger partial charge in [-0.3, -0.25) is 0 Å². The van der Waals surface area contributed by atoms with Crippen LogP contribution < -0.4 is 4.90 Å². The number of hydrogen-bond acceptors (Lipinski definition) is 3. The normalized spacial score (nSPS) is 22.4. The van der Waals surface area contributed by atoms with Crippen LogP contribution >= 0.6 is 11.6 Å². The van der Waals surface area contributed by atoms with Gasteiger partial charge < -0.3 is 4.90 Å². The second-order valence-electron chi connectivity index (χ2n) is 3.74. The first kappa shape index (κ1) is 9.71. The van der Waals surface area contributed by atoms with Crippen molar-refractivity contribution in [2.24, 2.45) is 0 Å². The summed E-state index contributed by atoms with van der Waals surface area (Å²) in [6.07, 6.45) is 5.32. The molecule has 0 amide bonds. The van der Waals surface area contributed by atoms with Gasteiger partial charge in [0.25, 0.3) is 0 Å². The Bertz CT molecular complexity index is 316. The van der Waals surface area contributed by atoms with Crippen molar-refractivity contribution in [3.8, 4) is 0 Å². The minimum atomic E-state index is 0.521. The summed E-state index contributed by atoms with van der Waals surface area (Å²) in [5.41, 5.74) is 0. The first-order chi connectivity index (χ1) is 6.77. The molecule has 1 aliphatic heterocycles. The van der Waals surface area contributed by atoms with Gasteiger partial charge in [-0.15, -0.1) is 0 Å². The van der Waals surface area contributed by atoms with Gasteiger partial charge in [0.05, 0.1) is 0 Å². The summed E-state index contributed by atoms with van der Waals surface area (Å²) in [6, 6.07) is 2.40. The van der Waals surface area contributed by atoms with Gasteiger partial charge in [-0.05, 0) is 26.2 Å². The van der Waals surface area contributed by atoms with E-state index in [0.29, 0.717) is 11.2 Å². The van der Waals surface area contributed by atoms with E-state index < -0.39 is 0 Å². The van der Waals surface area contributed by atoms with Crippen LogP contribution in [0.3, 0.4) is 0 Å². The zero-order chi connectivity index (χ0) is 9.97. The molecule has 1 unspecified atom stereocenters. The Morgan fingerprint density at radius 3 is 3.00 bits per heavy atom. The molecule has 4 heteroatoms. The van der Waals surface area contributed by atoms with E-state index in [4.69, 9.17) is 11.6 Å². The van der Waals surface area contributed by atoms with Gasteiger partial charge in [0.1, 0.15) is 17.3 Å². The summed E-state index contributed by atoms with van der Waals surface area (Å²) in [7, 11) is 0. The molecule has 1 fully saturated rings. The summed E-state index contributed by atoms with van der Waals surface area (Å²) in [6.45, 7) is 3.31. The SMILES string of the molecule is CC1CCCCN1c1cc(Cl)ncn1. The molecule has 1 aromatic heterocycles. The molecule has 0 saturated carbocycles. The Balaban J connectivity index is 2.20. The van der Waals surface area contributed by atoms with Gasteiger partial charge in [0.2, 0.25) is 0 Å². The van der Waals surface area contributed by atoms with E-state index in [1.54, 1.807) is 0 Å². The highest BCUT2D eigenvalue weighted by Crippen LogP contribution is 2.23. The molecule has 2 rings (SSSR count). The molecule has 1 saturated heterocycles. The van der Waals surface area contributed by atoms with Crippen molar-refractivity contribution in [1.82, 2.24) is 9.97 Å². The number of piperidine rings is 1. The average molecular weight is 212 g/mol. The van der Waals surface area contributed by atoms with Crippen molar-refractivity contribution in [2.45, 2.75) is 32.2 Å². The predicted octanol–water partition coefficient (Wildman–Crippen LogP) is 2.51. The van der Waals surface area contributed by atoms with Crippen LogP contribution in [0.5, 0.6) is 0 Å². The monoisotopic (exact) mass is 211 g/mol. The van der Waals surface area contributed by atoms with Gasteiger partial charge in [-0.25, -0.2) is 9.97 Å². The molecule has 0 aromatic carbocycles. The van der Waals surface area contributed by atoms with E-state index in [2.05, 4.69) is 21.8 Å². The van der Waals surface area contributed by atoms with Crippen LogP contribution in [-0.4, -0.2) is 22.6 Å². The second kappa shape index (κ2) is 4.13. The number of aromatic nitrogens is 2. The maximum absolute atomic E-state index is 5.83. The first-order valence-corrected chi connectivity index (χ1v) is 5.39. The van der Waals surface area contributed by atoms with E-state index in [9.17, 15) is 0 Å². The third kappa shape index (κ3) is 1.98. The second-order valence-corrected chi connectivity index (χ2v) is 4.12. The largest absolute Gasteiger partial charge is 0.354 e. The van der Waals surface area contributed by atoms with Crippen LogP contribution in [-0.2, 0) is 0 Å². The van der Waals surface area contributed by atoms with Crippen LogP contribution in [0.15, 0.2) is 12.4 Å². The zero-order valence-corrected chi connectivity index (χ0v) is 9.04. The van der Waals surface area contributed by atoms with Crippen molar-refractivity contribution >= 4 is 17.4 Å². The van der Waals surface area contributed by atoms with E-state index in [0.717, 1.165) is 12.4 Å². The molecule has 0 aliphatic carbocycles. The van der Waals surface area contributed by atoms with Crippen LogP contribution in [0.2, 0.25) is 5.15 Å². The Morgan fingerprint density at radius 2 is 2.29 bits per heavy atom. The first-order valence-electron chi connectivity index (χ1n) is 5.01. The highest BCUT2D eigenvalue weighted by Gasteiger charge is 2.19. The molecule has 0 spiro atoms. The Morgan fingerprint density at radius 1 is 1.43 bits per heavy atom. The summed E-state index contributed by atoms with van der Waals surface area (Å²) >= 11 is 5.83. The molecule has 76 valence electrons. The fraction of sp³-hybridized carbons (Fsp3) is 0.600. The lowest BCUT2D eigenvalue weighted by molar-refractivity contribution is 0.481. The summed E-state index contributed by atoms with van der Waals surface area (Å²) in [5, 5.41) is 0.521. The quantitative estimate of drug-likeness (QED) is 0.669. The van der Waals surface area contributed by atoms with Crippen LogP contribution in [0.1, 0.15) is 26.2 Å². The Hall–Kier alpha value is -0.830. The van der Waals surface area contributed by atoms with Gasteiger partial charge in [0, 0.05) is 18.7 Å². The molecular formula is C10H14ClN3.